The van der Waals surface area contributed by atoms with E-state index in [9.17, 15) is 14.4 Å². The second kappa shape index (κ2) is 70.6. The van der Waals surface area contributed by atoms with Gasteiger partial charge in [0.05, 0.1) is 0 Å². The molecule has 0 rings (SSSR count). The summed E-state index contributed by atoms with van der Waals surface area (Å²) in [6.45, 7) is 6.50. The fourth-order valence-corrected chi connectivity index (χ4v) is 10.9. The molecule has 478 valence electrons. The summed E-state index contributed by atoms with van der Waals surface area (Å²) in [4.78, 5) is 38.4. The minimum Gasteiger partial charge on any atom is -0.462 e. The Labute approximate surface area is 510 Å². The maximum absolute atomic E-state index is 12.9. The zero-order valence-corrected chi connectivity index (χ0v) is 55.0. The van der Waals surface area contributed by atoms with Crippen molar-refractivity contribution in [2.45, 2.75) is 393 Å². The van der Waals surface area contributed by atoms with Gasteiger partial charge in [-0.2, -0.15) is 0 Å². The molecule has 0 aliphatic rings. The van der Waals surface area contributed by atoms with Crippen LogP contribution in [0.5, 0.6) is 0 Å². The van der Waals surface area contributed by atoms with Crippen LogP contribution in [-0.4, -0.2) is 37.2 Å². The lowest BCUT2D eigenvalue weighted by atomic mass is 10.0. The molecule has 1 unspecified atom stereocenters. The minimum atomic E-state index is -0.786. The highest BCUT2D eigenvalue weighted by molar-refractivity contribution is 5.71. The fraction of sp³-hybridized carbons (Fsp3) is 0.829. The maximum Gasteiger partial charge on any atom is 0.306 e. The molecule has 0 saturated carbocycles. The van der Waals surface area contributed by atoms with Crippen LogP contribution in [0.4, 0.5) is 0 Å². The average molecular weight is 1150 g/mol. The molecule has 0 aromatic heterocycles. The summed E-state index contributed by atoms with van der Waals surface area (Å²) in [6, 6.07) is 0. The molecule has 0 spiro atoms. The van der Waals surface area contributed by atoms with Crippen LogP contribution in [0.25, 0.3) is 0 Å². The van der Waals surface area contributed by atoms with Crippen LogP contribution in [0.2, 0.25) is 0 Å². The largest absolute Gasteiger partial charge is 0.462 e. The first-order valence-electron chi connectivity index (χ1n) is 36.3. The average Bonchev–Trinajstić information content (AvgIpc) is 3.47. The molecule has 0 bridgehead atoms. The molecular weight excluding hydrogens is 1010 g/mol. The van der Waals surface area contributed by atoms with Gasteiger partial charge in [-0.15, -0.1) is 0 Å². The van der Waals surface area contributed by atoms with Gasteiger partial charge in [-0.25, -0.2) is 0 Å². The van der Waals surface area contributed by atoms with E-state index in [0.717, 1.165) is 109 Å². The van der Waals surface area contributed by atoms with Crippen LogP contribution in [0.15, 0.2) is 60.8 Å². The summed E-state index contributed by atoms with van der Waals surface area (Å²) in [6.07, 6.45) is 91.4. The summed E-state index contributed by atoms with van der Waals surface area (Å²) in [5.74, 6) is -0.885. The van der Waals surface area contributed by atoms with Crippen molar-refractivity contribution < 1.29 is 28.6 Å². The van der Waals surface area contributed by atoms with Gasteiger partial charge < -0.3 is 14.2 Å². The quantitative estimate of drug-likeness (QED) is 0.0261. The lowest BCUT2D eigenvalue weighted by molar-refractivity contribution is -0.167. The summed E-state index contributed by atoms with van der Waals surface area (Å²) in [5, 5.41) is 0. The normalized spacial score (nSPS) is 12.4. The van der Waals surface area contributed by atoms with Gasteiger partial charge in [0.15, 0.2) is 6.10 Å². The van der Waals surface area contributed by atoms with E-state index in [0.29, 0.717) is 19.3 Å². The van der Waals surface area contributed by atoms with E-state index in [-0.39, 0.29) is 31.1 Å². The molecule has 0 heterocycles. The molecule has 6 heteroatoms. The molecule has 0 aliphatic heterocycles. The Kier molecular flexibility index (Phi) is 68.1. The predicted molar refractivity (Wildman–Crippen MR) is 358 cm³/mol. The molecule has 0 N–H and O–H groups in total. The second-order valence-corrected chi connectivity index (χ2v) is 24.5. The van der Waals surface area contributed by atoms with E-state index < -0.39 is 6.10 Å². The van der Waals surface area contributed by atoms with Crippen LogP contribution >= 0.6 is 0 Å². The Morgan fingerprint density at radius 1 is 0.256 bits per heavy atom. The van der Waals surface area contributed by atoms with Gasteiger partial charge in [-0.1, -0.05) is 351 Å². The summed E-state index contributed by atoms with van der Waals surface area (Å²) < 4.78 is 16.9. The minimum absolute atomic E-state index is 0.0798. The van der Waals surface area contributed by atoms with Crippen molar-refractivity contribution in [1.29, 1.82) is 0 Å². The molecular formula is C76H138O6. The van der Waals surface area contributed by atoms with Crippen LogP contribution in [0.1, 0.15) is 387 Å². The smallest absolute Gasteiger partial charge is 0.306 e. The first kappa shape index (κ1) is 79.1. The van der Waals surface area contributed by atoms with Gasteiger partial charge in [0.1, 0.15) is 13.2 Å². The number of esters is 3. The van der Waals surface area contributed by atoms with Crippen LogP contribution in [-0.2, 0) is 28.6 Å². The van der Waals surface area contributed by atoms with E-state index in [1.54, 1.807) is 0 Å². The number of hydrogen-bond donors (Lipinski definition) is 0. The van der Waals surface area contributed by atoms with E-state index in [4.69, 9.17) is 14.2 Å². The van der Waals surface area contributed by atoms with Crippen molar-refractivity contribution in [3.8, 4) is 0 Å². The molecule has 0 aromatic rings. The highest BCUT2D eigenvalue weighted by atomic mass is 16.6. The topological polar surface area (TPSA) is 78.9 Å². The number of ether oxygens (including phenoxy) is 3. The molecule has 6 nitrogen and oxygen atoms in total. The lowest BCUT2D eigenvalue weighted by Gasteiger charge is -2.18. The first-order chi connectivity index (χ1) is 40.5. The molecule has 0 radical (unpaired) electrons. The van der Waals surface area contributed by atoms with Crippen molar-refractivity contribution in [2.24, 2.45) is 0 Å². The van der Waals surface area contributed by atoms with E-state index >= 15 is 0 Å². The molecule has 0 aromatic carbocycles. The Hall–Kier alpha value is -2.89. The van der Waals surface area contributed by atoms with Crippen molar-refractivity contribution in [1.82, 2.24) is 0 Å². The fourth-order valence-electron chi connectivity index (χ4n) is 10.9. The molecule has 0 aliphatic carbocycles. The van der Waals surface area contributed by atoms with Crippen LogP contribution < -0.4 is 0 Å². The monoisotopic (exact) mass is 1150 g/mol. The Balaban J connectivity index is 4.09. The van der Waals surface area contributed by atoms with Gasteiger partial charge in [0.25, 0.3) is 0 Å². The third-order valence-electron chi connectivity index (χ3n) is 16.2. The number of carbonyl (C=O) groups excluding carboxylic acids is 3. The summed E-state index contributed by atoms with van der Waals surface area (Å²) in [7, 11) is 0. The Morgan fingerprint density at radius 2 is 0.500 bits per heavy atom. The van der Waals surface area contributed by atoms with E-state index in [1.165, 1.54) is 238 Å². The number of allylic oxidation sites excluding steroid dienone is 10. The Morgan fingerprint density at radius 3 is 0.793 bits per heavy atom. The third kappa shape index (κ3) is 67.9. The van der Waals surface area contributed by atoms with Gasteiger partial charge in [-0.3, -0.25) is 14.4 Å². The van der Waals surface area contributed by atoms with Crippen molar-refractivity contribution in [3.05, 3.63) is 60.8 Å². The summed E-state index contributed by atoms with van der Waals surface area (Å²) in [5.41, 5.74) is 0. The second-order valence-electron chi connectivity index (χ2n) is 24.5. The highest BCUT2D eigenvalue weighted by Gasteiger charge is 2.19. The third-order valence-corrected chi connectivity index (χ3v) is 16.2. The Bertz CT molecular complexity index is 1460. The van der Waals surface area contributed by atoms with E-state index in [1.807, 2.05) is 0 Å². The molecule has 1 atom stereocenters. The van der Waals surface area contributed by atoms with Gasteiger partial charge >= 0.3 is 17.9 Å². The molecule has 82 heavy (non-hydrogen) atoms. The van der Waals surface area contributed by atoms with Gasteiger partial charge in [0, 0.05) is 19.3 Å². The number of hydrogen-bond acceptors (Lipinski definition) is 6. The number of carbonyl (C=O) groups is 3. The van der Waals surface area contributed by atoms with Crippen LogP contribution in [0, 0.1) is 0 Å². The standard InChI is InChI=1S/C76H138O6/c1-4-7-10-13-16-19-22-25-27-29-30-31-32-33-34-35-36-37-38-39-40-41-42-43-44-45-47-48-51-54-57-60-63-66-69-75(78)81-72-73(71-80-74(77)68-65-62-59-56-53-50-24-21-18-15-12-9-6-3)82-76(79)70-67-64-61-58-55-52-49-46-28-26-23-20-17-14-11-8-5-2/h8,11-12,15,17,20-21,24,26,28,73H,4-7,9-10,13-14,16,18-19,22-23,25,27,29-72H2,1-3H3/b11-8-,15-12-,20-17-,24-21-,28-26-. The van der Waals surface area contributed by atoms with Crippen molar-refractivity contribution >= 4 is 17.9 Å². The number of rotatable bonds is 67. The summed E-state index contributed by atoms with van der Waals surface area (Å²) >= 11 is 0. The zero-order chi connectivity index (χ0) is 59.2. The maximum atomic E-state index is 12.9. The molecule has 0 fully saturated rings. The van der Waals surface area contributed by atoms with Crippen molar-refractivity contribution in [3.63, 3.8) is 0 Å². The van der Waals surface area contributed by atoms with Crippen LogP contribution in [0.3, 0.4) is 0 Å². The van der Waals surface area contributed by atoms with Gasteiger partial charge in [0.2, 0.25) is 0 Å². The lowest BCUT2D eigenvalue weighted by Crippen LogP contribution is -2.30. The predicted octanol–water partition coefficient (Wildman–Crippen LogP) is 25.1. The van der Waals surface area contributed by atoms with E-state index in [2.05, 4.69) is 81.5 Å². The molecule has 0 amide bonds. The SMILES string of the molecule is CC/C=C\C/C=C\C/C=C\CCCCCCCCCC(=O)OC(COC(=O)CCCCCCC/C=C\C/C=C\CCC)COC(=O)CCCCCCCCCCCCCCCCCCCCCCCCCCCCCCCCCCCC. The number of unbranched alkanes of at least 4 members (excludes halogenated alkanes) is 46. The van der Waals surface area contributed by atoms with Crippen molar-refractivity contribution in [2.75, 3.05) is 13.2 Å². The first-order valence-corrected chi connectivity index (χ1v) is 36.3. The zero-order valence-electron chi connectivity index (χ0n) is 55.0. The molecule has 0 saturated heterocycles. The highest BCUT2D eigenvalue weighted by Crippen LogP contribution is 2.19. The van der Waals surface area contributed by atoms with Gasteiger partial charge in [-0.05, 0) is 77.0 Å².